The van der Waals surface area contributed by atoms with Gasteiger partial charge in [0.15, 0.2) is 0 Å². The maximum Gasteiger partial charge on any atom is 0.141 e. The van der Waals surface area contributed by atoms with Crippen LogP contribution in [0.1, 0.15) is 30.5 Å². The van der Waals surface area contributed by atoms with Gasteiger partial charge in [-0.1, -0.05) is 19.1 Å². The van der Waals surface area contributed by atoms with E-state index in [0.29, 0.717) is 12.2 Å². The molecule has 1 unspecified atom stereocenters. The van der Waals surface area contributed by atoms with Crippen LogP contribution < -0.4 is 10.5 Å². The molecule has 0 saturated heterocycles. The fourth-order valence-electron chi connectivity index (χ4n) is 1.75. The Bertz CT molecular complexity index is 528. The molecule has 1 heterocycles. The fourth-order valence-corrected chi connectivity index (χ4v) is 1.75. The zero-order chi connectivity index (χ0) is 13.7. The first-order valence-corrected chi connectivity index (χ1v) is 6.27. The van der Waals surface area contributed by atoms with Crippen LogP contribution in [0.15, 0.2) is 42.7 Å². The van der Waals surface area contributed by atoms with Crippen molar-refractivity contribution in [2.75, 3.05) is 0 Å². The number of pyridine rings is 1. The molecule has 0 bridgehead atoms. The molecule has 0 aliphatic rings. The molecule has 0 saturated carbocycles. The van der Waals surface area contributed by atoms with Gasteiger partial charge < -0.3 is 10.5 Å². The Labute approximate surface area is 112 Å². The standard InChI is InChI=1S/C15H17FN2O/c1-2-15(17)12-3-5-14(6-4-12)19-10-11-7-13(16)9-18-8-11/h3-9,15H,2,10,17H2,1H3. The van der Waals surface area contributed by atoms with Crippen LogP contribution in [0.4, 0.5) is 4.39 Å². The molecular weight excluding hydrogens is 243 g/mol. The number of ether oxygens (including phenoxy) is 1. The molecule has 1 aromatic carbocycles. The molecule has 4 heteroatoms. The number of nitrogens with two attached hydrogens (primary N) is 1. The minimum Gasteiger partial charge on any atom is -0.489 e. The van der Waals surface area contributed by atoms with Gasteiger partial charge in [-0.2, -0.15) is 0 Å². The molecule has 0 spiro atoms. The monoisotopic (exact) mass is 260 g/mol. The Morgan fingerprint density at radius 1 is 1.26 bits per heavy atom. The third-order valence-corrected chi connectivity index (χ3v) is 2.92. The summed E-state index contributed by atoms with van der Waals surface area (Å²) in [5.74, 6) is 0.377. The number of hydrogen-bond acceptors (Lipinski definition) is 3. The highest BCUT2D eigenvalue weighted by Crippen LogP contribution is 2.19. The van der Waals surface area contributed by atoms with Crippen LogP contribution >= 0.6 is 0 Å². The minimum atomic E-state index is -0.356. The van der Waals surface area contributed by atoms with Crippen molar-refractivity contribution in [2.45, 2.75) is 26.0 Å². The van der Waals surface area contributed by atoms with Gasteiger partial charge in [-0.25, -0.2) is 4.39 Å². The molecule has 0 aliphatic heterocycles. The van der Waals surface area contributed by atoms with Crippen LogP contribution in [0.25, 0.3) is 0 Å². The highest BCUT2D eigenvalue weighted by atomic mass is 19.1. The molecule has 2 rings (SSSR count). The van der Waals surface area contributed by atoms with E-state index in [9.17, 15) is 4.39 Å². The van der Waals surface area contributed by atoms with Gasteiger partial charge in [0.2, 0.25) is 0 Å². The Morgan fingerprint density at radius 2 is 2.00 bits per heavy atom. The van der Waals surface area contributed by atoms with E-state index in [1.165, 1.54) is 12.3 Å². The number of halogens is 1. The van der Waals surface area contributed by atoms with E-state index >= 15 is 0 Å². The van der Waals surface area contributed by atoms with Crippen LogP contribution in [-0.4, -0.2) is 4.98 Å². The zero-order valence-electron chi connectivity index (χ0n) is 10.8. The van der Waals surface area contributed by atoms with Crippen molar-refractivity contribution in [2.24, 2.45) is 5.73 Å². The van der Waals surface area contributed by atoms with Gasteiger partial charge >= 0.3 is 0 Å². The molecular formula is C15H17FN2O. The first-order chi connectivity index (χ1) is 9.19. The molecule has 2 N–H and O–H groups in total. The van der Waals surface area contributed by atoms with Crippen molar-refractivity contribution < 1.29 is 9.13 Å². The summed E-state index contributed by atoms with van der Waals surface area (Å²) in [6.07, 6.45) is 3.66. The van der Waals surface area contributed by atoms with Crippen LogP contribution in [0.3, 0.4) is 0 Å². The first kappa shape index (κ1) is 13.5. The molecule has 1 atom stereocenters. The number of rotatable bonds is 5. The lowest BCUT2D eigenvalue weighted by Gasteiger charge is -2.10. The van der Waals surface area contributed by atoms with Crippen molar-refractivity contribution in [3.63, 3.8) is 0 Å². The maximum atomic E-state index is 12.9. The average Bonchev–Trinajstić information content (AvgIpc) is 2.45. The predicted molar refractivity (Wildman–Crippen MR) is 72.2 cm³/mol. The van der Waals surface area contributed by atoms with E-state index in [1.807, 2.05) is 31.2 Å². The summed E-state index contributed by atoms with van der Waals surface area (Å²) in [5, 5.41) is 0. The molecule has 0 aliphatic carbocycles. The summed E-state index contributed by atoms with van der Waals surface area (Å²) in [6, 6.07) is 9.12. The van der Waals surface area contributed by atoms with Gasteiger partial charge in [0.05, 0.1) is 6.20 Å². The third-order valence-electron chi connectivity index (χ3n) is 2.92. The molecule has 2 aromatic rings. The van der Waals surface area contributed by atoms with Gasteiger partial charge in [0, 0.05) is 17.8 Å². The molecule has 0 radical (unpaired) electrons. The zero-order valence-corrected chi connectivity index (χ0v) is 10.8. The highest BCUT2D eigenvalue weighted by Gasteiger charge is 2.03. The third kappa shape index (κ3) is 3.76. The van der Waals surface area contributed by atoms with Gasteiger partial charge in [-0.15, -0.1) is 0 Å². The van der Waals surface area contributed by atoms with Crippen molar-refractivity contribution in [1.29, 1.82) is 0 Å². The van der Waals surface area contributed by atoms with Gasteiger partial charge in [0.25, 0.3) is 0 Å². The predicted octanol–water partition coefficient (Wildman–Crippen LogP) is 3.21. The SMILES string of the molecule is CCC(N)c1ccc(OCc2cncc(F)c2)cc1. The van der Waals surface area contributed by atoms with E-state index in [-0.39, 0.29) is 11.9 Å². The second-order valence-electron chi connectivity index (χ2n) is 4.38. The van der Waals surface area contributed by atoms with Gasteiger partial charge in [-0.05, 0) is 30.2 Å². The highest BCUT2D eigenvalue weighted by molar-refractivity contribution is 5.29. The van der Waals surface area contributed by atoms with Crippen molar-refractivity contribution >= 4 is 0 Å². The minimum absolute atomic E-state index is 0.0569. The Hall–Kier alpha value is -1.94. The molecule has 3 nitrogen and oxygen atoms in total. The van der Waals surface area contributed by atoms with E-state index in [4.69, 9.17) is 10.5 Å². The Kier molecular flexibility index (Phi) is 4.47. The Balaban J connectivity index is 1.96. The summed E-state index contributed by atoms with van der Waals surface area (Å²) < 4.78 is 18.5. The molecule has 1 aromatic heterocycles. The number of aromatic nitrogens is 1. The van der Waals surface area contributed by atoms with Crippen molar-refractivity contribution in [3.05, 3.63) is 59.7 Å². The largest absolute Gasteiger partial charge is 0.489 e. The number of nitrogens with zero attached hydrogens (tertiary/aromatic N) is 1. The van der Waals surface area contributed by atoms with E-state index in [1.54, 1.807) is 6.20 Å². The fraction of sp³-hybridized carbons (Fsp3) is 0.267. The van der Waals surface area contributed by atoms with Crippen molar-refractivity contribution in [1.82, 2.24) is 4.98 Å². The summed E-state index contributed by atoms with van der Waals surface area (Å²) >= 11 is 0. The van der Waals surface area contributed by atoms with Crippen LogP contribution in [-0.2, 0) is 6.61 Å². The number of hydrogen-bond donors (Lipinski definition) is 1. The van der Waals surface area contributed by atoms with Gasteiger partial charge in [-0.3, -0.25) is 4.98 Å². The number of benzene rings is 1. The lowest BCUT2D eigenvalue weighted by Crippen LogP contribution is -2.08. The lowest BCUT2D eigenvalue weighted by molar-refractivity contribution is 0.305. The molecule has 0 fully saturated rings. The normalized spacial score (nSPS) is 12.2. The average molecular weight is 260 g/mol. The lowest BCUT2D eigenvalue weighted by atomic mass is 10.1. The summed E-state index contributed by atoms with van der Waals surface area (Å²) in [4.78, 5) is 3.77. The molecule has 0 amide bonds. The van der Waals surface area contributed by atoms with E-state index in [2.05, 4.69) is 4.98 Å². The first-order valence-electron chi connectivity index (χ1n) is 6.27. The summed E-state index contributed by atoms with van der Waals surface area (Å²) in [5.41, 5.74) is 7.72. The van der Waals surface area contributed by atoms with Gasteiger partial charge in [0.1, 0.15) is 18.2 Å². The maximum absolute atomic E-state index is 12.9. The molecule has 100 valence electrons. The van der Waals surface area contributed by atoms with E-state index < -0.39 is 0 Å². The second kappa shape index (κ2) is 6.29. The topological polar surface area (TPSA) is 48.1 Å². The summed E-state index contributed by atoms with van der Waals surface area (Å²) in [6.45, 7) is 2.34. The quantitative estimate of drug-likeness (QED) is 0.898. The van der Waals surface area contributed by atoms with Crippen LogP contribution in [0, 0.1) is 5.82 Å². The molecule has 19 heavy (non-hydrogen) atoms. The smallest absolute Gasteiger partial charge is 0.141 e. The van der Waals surface area contributed by atoms with Crippen LogP contribution in [0.2, 0.25) is 0 Å². The summed E-state index contributed by atoms with van der Waals surface area (Å²) in [7, 11) is 0. The van der Waals surface area contributed by atoms with Crippen LogP contribution in [0.5, 0.6) is 5.75 Å². The Morgan fingerprint density at radius 3 is 2.63 bits per heavy atom. The van der Waals surface area contributed by atoms with Crippen molar-refractivity contribution in [3.8, 4) is 5.75 Å². The van der Waals surface area contributed by atoms with E-state index in [0.717, 1.165) is 17.7 Å². The second-order valence-corrected chi connectivity index (χ2v) is 4.38.